The van der Waals surface area contributed by atoms with Gasteiger partial charge < -0.3 is 10.2 Å². The van der Waals surface area contributed by atoms with Crippen LogP contribution in [0.5, 0.6) is 0 Å². The van der Waals surface area contributed by atoms with Gasteiger partial charge in [-0.25, -0.2) is 4.39 Å². The molecule has 0 radical (unpaired) electrons. The largest absolute Gasteiger partial charge is 0.347 e. The van der Waals surface area contributed by atoms with Crippen LogP contribution in [0.25, 0.3) is 0 Å². The molecule has 1 saturated heterocycles. The summed E-state index contributed by atoms with van der Waals surface area (Å²) in [6.45, 7) is 2.30. The molecule has 1 aromatic carbocycles. The van der Waals surface area contributed by atoms with E-state index in [-0.39, 0.29) is 30.2 Å². The van der Waals surface area contributed by atoms with Gasteiger partial charge in [0.25, 0.3) is 0 Å². The number of hydrogen-bond acceptors (Lipinski definition) is 2. The highest BCUT2D eigenvalue weighted by atomic mass is 19.1. The Morgan fingerprint density at radius 2 is 1.94 bits per heavy atom. The first kappa shape index (κ1) is 12.5. The standard InChI is InChI=1S/C13H15FN2O2/c1-9(10-2-4-11(14)5-3-10)16-7-6-12(17)15-8-13(16)18/h2-5,9H,6-8H2,1H3,(H,15,17). The van der Waals surface area contributed by atoms with Gasteiger partial charge in [-0.15, -0.1) is 0 Å². The average molecular weight is 250 g/mol. The van der Waals surface area contributed by atoms with Crippen molar-refractivity contribution >= 4 is 11.8 Å². The molecule has 0 aliphatic carbocycles. The Balaban J connectivity index is 2.16. The number of carbonyl (C=O) groups excluding carboxylic acids is 2. The molecular formula is C13H15FN2O2. The third-order valence-corrected chi connectivity index (χ3v) is 3.16. The van der Waals surface area contributed by atoms with Gasteiger partial charge in [0.1, 0.15) is 5.82 Å². The van der Waals surface area contributed by atoms with Crippen LogP contribution in [0.1, 0.15) is 24.9 Å². The van der Waals surface area contributed by atoms with Gasteiger partial charge in [-0.1, -0.05) is 12.1 Å². The quantitative estimate of drug-likeness (QED) is 0.858. The molecule has 96 valence electrons. The van der Waals surface area contributed by atoms with Gasteiger partial charge >= 0.3 is 0 Å². The third kappa shape index (κ3) is 2.67. The molecule has 2 amide bonds. The van der Waals surface area contributed by atoms with Crippen LogP contribution in [-0.4, -0.2) is 29.8 Å². The summed E-state index contributed by atoms with van der Waals surface area (Å²) in [7, 11) is 0. The summed E-state index contributed by atoms with van der Waals surface area (Å²) in [6.07, 6.45) is 0.303. The molecule has 4 nitrogen and oxygen atoms in total. The smallest absolute Gasteiger partial charge is 0.242 e. The van der Waals surface area contributed by atoms with E-state index in [9.17, 15) is 14.0 Å². The molecule has 1 N–H and O–H groups in total. The van der Waals surface area contributed by atoms with Crippen LogP contribution in [0.3, 0.4) is 0 Å². The Kier molecular flexibility index (Phi) is 3.60. The van der Waals surface area contributed by atoms with E-state index in [2.05, 4.69) is 5.32 Å². The van der Waals surface area contributed by atoms with Gasteiger partial charge in [-0.3, -0.25) is 9.59 Å². The van der Waals surface area contributed by atoms with Crippen molar-refractivity contribution in [2.75, 3.05) is 13.1 Å². The Morgan fingerprint density at radius 1 is 1.28 bits per heavy atom. The molecule has 2 rings (SSSR count). The highest BCUT2D eigenvalue weighted by Crippen LogP contribution is 2.21. The summed E-state index contributed by atoms with van der Waals surface area (Å²) in [4.78, 5) is 24.8. The first-order chi connectivity index (χ1) is 8.58. The van der Waals surface area contributed by atoms with Crippen LogP contribution in [0.15, 0.2) is 24.3 Å². The van der Waals surface area contributed by atoms with Gasteiger partial charge in [0.2, 0.25) is 11.8 Å². The van der Waals surface area contributed by atoms with Crippen molar-refractivity contribution in [2.45, 2.75) is 19.4 Å². The van der Waals surface area contributed by atoms with Crippen molar-refractivity contribution in [1.29, 1.82) is 0 Å². The van der Waals surface area contributed by atoms with E-state index in [1.165, 1.54) is 12.1 Å². The number of nitrogens with zero attached hydrogens (tertiary/aromatic N) is 1. The fraction of sp³-hybridized carbons (Fsp3) is 0.385. The van der Waals surface area contributed by atoms with Gasteiger partial charge in [0.15, 0.2) is 0 Å². The number of amides is 2. The fourth-order valence-electron chi connectivity index (χ4n) is 2.04. The van der Waals surface area contributed by atoms with E-state index in [4.69, 9.17) is 0 Å². The van der Waals surface area contributed by atoms with Crippen LogP contribution in [0, 0.1) is 5.82 Å². The lowest BCUT2D eigenvalue weighted by molar-refractivity contribution is -0.132. The van der Waals surface area contributed by atoms with E-state index in [0.717, 1.165) is 5.56 Å². The Morgan fingerprint density at radius 3 is 2.61 bits per heavy atom. The zero-order valence-electron chi connectivity index (χ0n) is 10.1. The summed E-state index contributed by atoms with van der Waals surface area (Å²) in [5.74, 6) is -0.528. The van der Waals surface area contributed by atoms with Crippen molar-refractivity contribution < 1.29 is 14.0 Å². The molecule has 1 unspecified atom stereocenters. The van der Waals surface area contributed by atoms with Crippen LogP contribution >= 0.6 is 0 Å². The predicted molar refractivity (Wildman–Crippen MR) is 64.2 cm³/mol. The molecule has 1 aromatic rings. The van der Waals surface area contributed by atoms with Crippen LogP contribution < -0.4 is 5.32 Å². The van der Waals surface area contributed by atoms with E-state index in [1.54, 1.807) is 17.0 Å². The molecule has 0 saturated carbocycles. The summed E-state index contributed by atoms with van der Waals surface area (Å²) < 4.78 is 12.9. The lowest BCUT2D eigenvalue weighted by Crippen LogP contribution is -2.37. The molecule has 5 heteroatoms. The molecule has 1 heterocycles. The molecule has 1 aliphatic rings. The van der Waals surface area contributed by atoms with Gasteiger partial charge in [-0.05, 0) is 24.6 Å². The number of benzene rings is 1. The van der Waals surface area contributed by atoms with Crippen molar-refractivity contribution in [1.82, 2.24) is 10.2 Å². The first-order valence-corrected chi connectivity index (χ1v) is 5.89. The van der Waals surface area contributed by atoms with Crippen LogP contribution in [0.2, 0.25) is 0 Å². The summed E-state index contributed by atoms with van der Waals surface area (Å²) >= 11 is 0. The van der Waals surface area contributed by atoms with E-state index in [1.807, 2.05) is 6.92 Å². The fourth-order valence-corrected chi connectivity index (χ4v) is 2.04. The number of rotatable bonds is 2. The van der Waals surface area contributed by atoms with E-state index < -0.39 is 0 Å². The molecule has 1 fully saturated rings. The van der Waals surface area contributed by atoms with Crippen molar-refractivity contribution in [3.05, 3.63) is 35.6 Å². The van der Waals surface area contributed by atoms with Crippen molar-refractivity contribution in [3.63, 3.8) is 0 Å². The maximum absolute atomic E-state index is 12.9. The van der Waals surface area contributed by atoms with Gasteiger partial charge in [0.05, 0.1) is 12.6 Å². The number of nitrogens with one attached hydrogen (secondary N) is 1. The van der Waals surface area contributed by atoms with E-state index >= 15 is 0 Å². The second-order valence-electron chi connectivity index (χ2n) is 4.34. The average Bonchev–Trinajstić information content (AvgIpc) is 2.52. The normalized spacial score (nSPS) is 18.2. The predicted octanol–water partition coefficient (Wildman–Crippen LogP) is 1.24. The number of halogens is 1. The van der Waals surface area contributed by atoms with Gasteiger partial charge in [-0.2, -0.15) is 0 Å². The number of carbonyl (C=O) groups is 2. The van der Waals surface area contributed by atoms with Gasteiger partial charge in [0, 0.05) is 13.0 Å². The summed E-state index contributed by atoms with van der Waals surface area (Å²) in [5.41, 5.74) is 0.860. The van der Waals surface area contributed by atoms with Crippen molar-refractivity contribution in [2.24, 2.45) is 0 Å². The Labute approximate surface area is 105 Å². The van der Waals surface area contributed by atoms with E-state index in [0.29, 0.717) is 13.0 Å². The molecule has 0 spiro atoms. The maximum Gasteiger partial charge on any atom is 0.242 e. The molecular weight excluding hydrogens is 235 g/mol. The maximum atomic E-state index is 12.9. The minimum absolute atomic E-state index is 0.0321. The lowest BCUT2D eigenvalue weighted by Gasteiger charge is -2.27. The zero-order chi connectivity index (χ0) is 13.1. The van der Waals surface area contributed by atoms with Crippen molar-refractivity contribution in [3.8, 4) is 0 Å². The summed E-state index contributed by atoms with van der Waals surface area (Å²) in [5, 5.41) is 2.55. The lowest BCUT2D eigenvalue weighted by atomic mass is 10.1. The monoisotopic (exact) mass is 250 g/mol. The minimum atomic E-state index is -0.301. The second kappa shape index (κ2) is 5.16. The van der Waals surface area contributed by atoms with Crippen LogP contribution in [0.4, 0.5) is 4.39 Å². The molecule has 0 aromatic heterocycles. The molecule has 0 bridgehead atoms. The number of hydrogen-bond donors (Lipinski definition) is 1. The Bertz CT molecular complexity index is 459. The first-order valence-electron chi connectivity index (χ1n) is 5.89. The second-order valence-corrected chi connectivity index (χ2v) is 4.34. The SMILES string of the molecule is CC(c1ccc(F)cc1)N1CCC(=O)NCC1=O. The highest BCUT2D eigenvalue weighted by molar-refractivity contribution is 5.87. The third-order valence-electron chi connectivity index (χ3n) is 3.16. The highest BCUT2D eigenvalue weighted by Gasteiger charge is 2.25. The molecule has 18 heavy (non-hydrogen) atoms. The molecule has 1 aliphatic heterocycles. The molecule has 1 atom stereocenters. The minimum Gasteiger partial charge on any atom is -0.347 e. The van der Waals surface area contributed by atoms with Crippen LogP contribution in [-0.2, 0) is 9.59 Å². The summed E-state index contributed by atoms with van der Waals surface area (Å²) in [6, 6.07) is 5.90. The topological polar surface area (TPSA) is 49.4 Å². The zero-order valence-corrected chi connectivity index (χ0v) is 10.1. The Hall–Kier alpha value is -1.91.